The average Bonchev–Trinajstić information content (AvgIpc) is 2.24. The number of carbonyl (C=O) groups excluding carboxylic acids is 1. The third-order valence-corrected chi connectivity index (χ3v) is 2.32. The Hall–Kier alpha value is -1.55. The first-order valence-corrected chi connectivity index (χ1v) is 5.27. The highest BCUT2D eigenvalue weighted by atomic mass is 16.3. The molecule has 0 radical (unpaired) electrons. The van der Waals surface area contributed by atoms with E-state index in [4.69, 9.17) is 5.11 Å². The molecule has 16 heavy (non-hydrogen) atoms. The lowest BCUT2D eigenvalue weighted by molar-refractivity contribution is 0.0665. The van der Waals surface area contributed by atoms with Gasteiger partial charge >= 0.3 is 0 Å². The molecular weight excluding hydrogens is 206 g/mol. The first-order chi connectivity index (χ1) is 7.56. The van der Waals surface area contributed by atoms with Crippen molar-refractivity contribution < 1.29 is 15.0 Å². The number of amides is 1. The van der Waals surface area contributed by atoms with Crippen molar-refractivity contribution in [3.8, 4) is 5.75 Å². The minimum atomic E-state index is -0.181. The van der Waals surface area contributed by atoms with Crippen LogP contribution < -0.4 is 0 Å². The molecule has 88 valence electrons. The lowest BCUT2D eigenvalue weighted by Crippen LogP contribution is -2.38. The van der Waals surface area contributed by atoms with E-state index in [2.05, 4.69) is 0 Å². The monoisotopic (exact) mass is 223 g/mol. The molecule has 0 saturated heterocycles. The van der Waals surface area contributed by atoms with Crippen LogP contribution in [0.2, 0.25) is 0 Å². The Labute approximate surface area is 95.1 Å². The lowest BCUT2D eigenvalue weighted by Gasteiger charge is -2.26. The molecule has 1 rings (SSSR count). The van der Waals surface area contributed by atoms with Gasteiger partial charge in [-0.3, -0.25) is 4.79 Å². The van der Waals surface area contributed by atoms with Crippen LogP contribution in [0.15, 0.2) is 24.3 Å². The first kappa shape index (κ1) is 12.5. The van der Waals surface area contributed by atoms with E-state index in [1.165, 1.54) is 12.1 Å². The third-order valence-electron chi connectivity index (χ3n) is 2.32. The van der Waals surface area contributed by atoms with E-state index in [-0.39, 0.29) is 24.3 Å². The number of phenols is 1. The maximum Gasteiger partial charge on any atom is 0.254 e. The molecule has 1 amide bonds. The van der Waals surface area contributed by atoms with Gasteiger partial charge in [0.2, 0.25) is 0 Å². The number of aliphatic hydroxyl groups is 1. The van der Waals surface area contributed by atoms with Crippen molar-refractivity contribution in [1.82, 2.24) is 4.90 Å². The second-order valence-electron chi connectivity index (χ2n) is 3.87. The summed E-state index contributed by atoms with van der Waals surface area (Å²) < 4.78 is 0. The molecule has 1 aromatic rings. The molecule has 0 saturated carbocycles. The van der Waals surface area contributed by atoms with Gasteiger partial charge in [0.15, 0.2) is 0 Å². The highest BCUT2D eigenvalue weighted by Crippen LogP contribution is 2.14. The second kappa shape index (κ2) is 5.51. The van der Waals surface area contributed by atoms with Gasteiger partial charge in [0.1, 0.15) is 5.75 Å². The summed E-state index contributed by atoms with van der Waals surface area (Å²) in [6, 6.07) is 6.23. The van der Waals surface area contributed by atoms with Crippen molar-refractivity contribution in [3.05, 3.63) is 29.8 Å². The molecular formula is C12H17NO3. The molecule has 0 atom stereocenters. The number of aromatic hydroxyl groups is 1. The molecule has 0 spiro atoms. The Morgan fingerprint density at radius 1 is 1.44 bits per heavy atom. The minimum absolute atomic E-state index is 0.0157. The number of nitrogens with zero attached hydrogens (tertiary/aromatic N) is 1. The van der Waals surface area contributed by atoms with Gasteiger partial charge in [-0.05, 0) is 32.0 Å². The van der Waals surface area contributed by atoms with Crippen molar-refractivity contribution in [2.75, 3.05) is 13.2 Å². The maximum absolute atomic E-state index is 12.0. The van der Waals surface area contributed by atoms with Crippen LogP contribution in [-0.2, 0) is 0 Å². The number of rotatable bonds is 4. The van der Waals surface area contributed by atoms with Gasteiger partial charge in [-0.1, -0.05) is 6.07 Å². The zero-order valence-electron chi connectivity index (χ0n) is 9.55. The second-order valence-corrected chi connectivity index (χ2v) is 3.87. The van der Waals surface area contributed by atoms with Crippen LogP contribution in [0.4, 0.5) is 0 Å². The number of phenolic OH excluding ortho intramolecular Hbond substituents is 1. The minimum Gasteiger partial charge on any atom is -0.508 e. The Bertz CT molecular complexity index is 363. The molecule has 4 heteroatoms. The summed E-state index contributed by atoms with van der Waals surface area (Å²) in [5, 5.41) is 18.2. The van der Waals surface area contributed by atoms with Crippen LogP contribution in [0.3, 0.4) is 0 Å². The van der Waals surface area contributed by atoms with Gasteiger partial charge in [-0.2, -0.15) is 0 Å². The predicted molar refractivity (Wildman–Crippen MR) is 61.4 cm³/mol. The Morgan fingerprint density at radius 2 is 2.12 bits per heavy atom. The highest BCUT2D eigenvalue weighted by molar-refractivity contribution is 5.94. The molecule has 0 heterocycles. The number of hydrogen-bond acceptors (Lipinski definition) is 3. The van der Waals surface area contributed by atoms with Crippen LogP contribution in [-0.4, -0.2) is 40.2 Å². The molecule has 0 aliphatic rings. The van der Waals surface area contributed by atoms with E-state index in [0.29, 0.717) is 12.1 Å². The molecule has 4 nitrogen and oxygen atoms in total. The SMILES string of the molecule is CC(C)N(CCO)C(=O)c1cccc(O)c1. The Kier molecular flexibility index (Phi) is 4.31. The van der Waals surface area contributed by atoms with Crippen molar-refractivity contribution in [2.24, 2.45) is 0 Å². The van der Waals surface area contributed by atoms with Crippen LogP contribution in [0, 0.1) is 0 Å². The van der Waals surface area contributed by atoms with E-state index in [0.717, 1.165) is 0 Å². The number of benzene rings is 1. The molecule has 0 bridgehead atoms. The number of aliphatic hydroxyl groups excluding tert-OH is 1. The van der Waals surface area contributed by atoms with E-state index in [1.807, 2.05) is 13.8 Å². The maximum atomic E-state index is 12.0. The van der Waals surface area contributed by atoms with E-state index >= 15 is 0 Å². The topological polar surface area (TPSA) is 60.8 Å². The van der Waals surface area contributed by atoms with Crippen LogP contribution in [0.5, 0.6) is 5.75 Å². The zero-order valence-corrected chi connectivity index (χ0v) is 9.55. The van der Waals surface area contributed by atoms with Crippen LogP contribution in [0.25, 0.3) is 0 Å². The molecule has 0 aromatic heterocycles. The molecule has 0 aliphatic heterocycles. The van der Waals surface area contributed by atoms with Crippen molar-refractivity contribution in [2.45, 2.75) is 19.9 Å². The average molecular weight is 223 g/mol. The summed E-state index contributed by atoms with van der Waals surface area (Å²) in [5.41, 5.74) is 0.433. The summed E-state index contributed by atoms with van der Waals surface area (Å²) in [7, 11) is 0. The van der Waals surface area contributed by atoms with Gasteiger partial charge in [-0.25, -0.2) is 0 Å². The first-order valence-electron chi connectivity index (χ1n) is 5.27. The molecule has 2 N–H and O–H groups in total. The summed E-state index contributed by atoms with van der Waals surface area (Å²) in [6.45, 7) is 4.00. The fourth-order valence-corrected chi connectivity index (χ4v) is 1.51. The van der Waals surface area contributed by atoms with E-state index in [1.54, 1.807) is 17.0 Å². The molecule has 0 unspecified atom stereocenters. The van der Waals surface area contributed by atoms with Gasteiger partial charge in [0, 0.05) is 18.2 Å². The van der Waals surface area contributed by atoms with E-state index in [9.17, 15) is 9.90 Å². The summed E-state index contributed by atoms with van der Waals surface area (Å²) in [5.74, 6) is -0.112. The van der Waals surface area contributed by atoms with E-state index < -0.39 is 0 Å². The number of carbonyl (C=O) groups is 1. The summed E-state index contributed by atoms with van der Waals surface area (Å²) in [4.78, 5) is 13.6. The normalized spacial score (nSPS) is 10.5. The van der Waals surface area contributed by atoms with Crippen LogP contribution in [0.1, 0.15) is 24.2 Å². The highest BCUT2D eigenvalue weighted by Gasteiger charge is 2.18. The third kappa shape index (κ3) is 2.97. The molecule has 0 fully saturated rings. The smallest absolute Gasteiger partial charge is 0.254 e. The molecule has 0 aliphatic carbocycles. The van der Waals surface area contributed by atoms with Gasteiger partial charge in [0.05, 0.1) is 6.61 Å². The standard InChI is InChI=1S/C12H17NO3/c1-9(2)13(6-7-14)12(16)10-4-3-5-11(15)8-10/h3-5,8-9,14-15H,6-7H2,1-2H3. The number of hydrogen-bond donors (Lipinski definition) is 2. The van der Waals surface area contributed by atoms with Crippen LogP contribution >= 0.6 is 0 Å². The summed E-state index contributed by atoms with van der Waals surface area (Å²) in [6.07, 6.45) is 0. The van der Waals surface area contributed by atoms with Crippen molar-refractivity contribution in [1.29, 1.82) is 0 Å². The summed E-state index contributed by atoms with van der Waals surface area (Å²) >= 11 is 0. The fraction of sp³-hybridized carbons (Fsp3) is 0.417. The van der Waals surface area contributed by atoms with Crippen molar-refractivity contribution in [3.63, 3.8) is 0 Å². The molecule has 1 aromatic carbocycles. The largest absolute Gasteiger partial charge is 0.508 e. The zero-order chi connectivity index (χ0) is 12.1. The Balaban J connectivity index is 2.90. The van der Waals surface area contributed by atoms with Gasteiger partial charge < -0.3 is 15.1 Å². The fourth-order valence-electron chi connectivity index (χ4n) is 1.51. The predicted octanol–water partition coefficient (Wildman–Crippen LogP) is 1.24. The van der Waals surface area contributed by atoms with Gasteiger partial charge in [0.25, 0.3) is 5.91 Å². The van der Waals surface area contributed by atoms with Crippen molar-refractivity contribution >= 4 is 5.91 Å². The van der Waals surface area contributed by atoms with Gasteiger partial charge in [-0.15, -0.1) is 0 Å². The lowest BCUT2D eigenvalue weighted by atomic mass is 10.1. The Morgan fingerprint density at radius 3 is 2.62 bits per heavy atom. The quantitative estimate of drug-likeness (QED) is 0.807.